The van der Waals surface area contributed by atoms with Gasteiger partial charge in [0.25, 0.3) is 0 Å². The van der Waals surface area contributed by atoms with E-state index in [2.05, 4.69) is 4.98 Å². The van der Waals surface area contributed by atoms with Crippen LogP contribution in [-0.4, -0.2) is 22.8 Å². The van der Waals surface area contributed by atoms with Crippen molar-refractivity contribution in [2.75, 3.05) is 5.73 Å². The highest BCUT2D eigenvalue weighted by Gasteiger charge is 2.18. The second-order valence-corrected chi connectivity index (χ2v) is 4.32. The van der Waals surface area contributed by atoms with E-state index in [1.807, 2.05) is 0 Å². The predicted octanol–water partition coefficient (Wildman–Crippen LogP) is 1.43. The van der Waals surface area contributed by atoms with Gasteiger partial charge in [-0.25, -0.2) is 9.78 Å². The Labute approximate surface area is 93.6 Å². The van der Waals surface area contributed by atoms with Crippen molar-refractivity contribution >= 4 is 18.1 Å². The molecule has 1 heterocycles. The Morgan fingerprint density at radius 2 is 2.12 bits per heavy atom. The molecule has 1 aromatic heterocycles. The summed E-state index contributed by atoms with van der Waals surface area (Å²) in [5, 5.41) is 0. The molecule has 0 aliphatic rings. The lowest BCUT2D eigenvalue weighted by Gasteiger charge is -2.19. The third-order valence-electron chi connectivity index (χ3n) is 1.71. The average molecular weight is 222 g/mol. The molecule has 16 heavy (non-hydrogen) atoms. The normalized spacial score (nSPS) is 10.9. The summed E-state index contributed by atoms with van der Waals surface area (Å²) in [7, 11) is 0. The molecule has 86 valence electrons. The summed E-state index contributed by atoms with van der Waals surface area (Å²) in [6, 6.07) is 1.36. The maximum Gasteiger partial charge on any atom is 0.340 e. The lowest BCUT2D eigenvalue weighted by atomic mass is 10.1. The van der Waals surface area contributed by atoms with Gasteiger partial charge in [-0.3, -0.25) is 4.79 Å². The average Bonchev–Trinajstić information content (AvgIpc) is 2.15. The summed E-state index contributed by atoms with van der Waals surface area (Å²) in [4.78, 5) is 26.0. The van der Waals surface area contributed by atoms with Crippen molar-refractivity contribution in [3.8, 4) is 0 Å². The molecule has 0 fully saturated rings. The highest BCUT2D eigenvalue weighted by atomic mass is 16.6. The molecule has 1 rings (SSSR count). The number of hydrogen-bond donors (Lipinski definition) is 1. The molecule has 0 unspecified atom stereocenters. The largest absolute Gasteiger partial charge is 0.456 e. The Bertz CT molecular complexity index is 422. The molecule has 0 bridgehead atoms. The first-order valence-corrected chi connectivity index (χ1v) is 4.77. The van der Waals surface area contributed by atoms with Crippen molar-refractivity contribution in [3.05, 3.63) is 23.4 Å². The van der Waals surface area contributed by atoms with Crippen LogP contribution in [0.2, 0.25) is 0 Å². The second kappa shape index (κ2) is 4.30. The van der Waals surface area contributed by atoms with Gasteiger partial charge in [-0.1, -0.05) is 0 Å². The number of pyridine rings is 1. The Kier molecular flexibility index (Phi) is 3.27. The number of aldehydes is 1. The number of nitrogens with two attached hydrogens (primary N) is 1. The zero-order chi connectivity index (χ0) is 12.3. The summed E-state index contributed by atoms with van der Waals surface area (Å²) < 4.78 is 5.13. The Morgan fingerprint density at radius 1 is 1.50 bits per heavy atom. The molecular weight excluding hydrogens is 208 g/mol. The number of ether oxygens (including phenoxy) is 1. The first-order valence-electron chi connectivity index (χ1n) is 4.77. The van der Waals surface area contributed by atoms with Crippen molar-refractivity contribution in [2.45, 2.75) is 26.4 Å². The van der Waals surface area contributed by atoms with Crippen LogP contribution in [0.25, 0.3) is 0 Å². The van der Waals surface area contributed by atoms with Crippen LogP contribution in [0.5, 0.6) is 0 Å². The first-order chi connectivity index (χ1) is 7.33. The maximum atomic E-state index is 11.6. The van der Waals surface area contributed by atoms with Crippen LogP contribution in [0.15, 0.2) is 12.3 Å². The third kappa shape index (κ3) is 3.05. The lowest BCUT2D eigenvalue weighted by Crippen LogP contribution is -2.24. The van der Waals surface area contributed by atoms with Gasteiger partial charge in [0.1, 0.15) is 11.4 Å². The van der Waals surface area contributed by atoms with Gasteiger partial charge in [-0.2, -0.15) is 0 Å². The van der Waals surface area contributed by atoms with E-state index in [4.69, 9.17) is 10.5 Å². The quantitative estimate of drug-likeness (QED) is 0.604. The maximum absolute atomic E-state index is 11.6. The molecule has 1 aromatic rings. The summed E-state index contributed by atoms with van der Waals surface area (Å²) in [5.41, 5.74) is 5.25. The smallest absolute Gasteiger partial charge is 0.340 e. The van der Waals surface area contributed by atoms with Gasteiger partial charge in [0.2, 0.25) is 0 Å². The van der Waals surface area contributed by atoms with E-state index >= 15 is 0 Å². The minimum atomic E-state index is -0.584. The number of anilines is 1. The number of esters is 1. The van der Waals surface area contributed by atoms with E-state index in [-0.39, 0.29) is 16.9 Å². The summed E-state index contributed by atoms with van der Waals surface area (Å²) in [5.74, 6) is -0.426. The van der Waals surface area contributed by atoms with Gasteiger partial charge in [0.15, 0.2) is 6.29 Å². The minimum absolute atomic E-state index is 0.0994. The zero-order valence-electron chi connectivity index (χ0n) is 9.48. The van der Waals surface area contributed by atoms with Crippen molar-refractivity contribution in [3.63, 3.8) is 0 Å². The van der Waals surface area contributed by atoms with Crippen molar-refractivity contribution in [2.24, 2.45) is 0 Å². The monoisotopic (exact) mass is 222 g/mol. The topological polar surface area (TPSA) is 82.3 Å². The van der Waals surface area contributed by atoms with Gasteiger partial charge in [-0.15, -0.1) is 0 Å². The molecule has 0 saturated heterocycles. The second-order valence-electron chi connectivity index (χ2n) is 4.32. The van der Waals surface area contributed by atoms with E-state index in [1.165, 1.54) is 12.3 Å². The van der Waals surface area contributed by atoms with E-state index in [9.17, 15) is 9.59 Å². The van der Waals surface area contributed by atoms with Gasteiger partial charge in [0, 0.05) is 6.20 Å². The fourth-order valence-corrected chi connectivity index (χ4v) is 1.04. The number of rotatable bonds is 2. The van der Waals surface area contributed by atoms with Crippen LogP contribution in [0, 0.1) is 0 Å². The van der Waals surface area contributed by atoms with Gasteiger partial charge >= 0.3 is 5.97 Å². The van der Waals surface area contributed by atoms with Crippen LogP contribution in [0.4, 0.5) is 5.82 Å². The lowest BCUT2D eigenvalue weighted by molar-refractivity contribution is 0.00691. The van der Waals surface area contributed by atoms with Crippen LogP contribution in [0.3, 0.4) is 0 Å². The van der Waals surface area contributed by atoms with E-state index in [1.54, 1.807) is 20.8 Å². The molecule has 0 radical (unpaired) electrons. The van der Waals surface area contributed by atoms with E-state index < -0.39 is 11.6 Å². The van der Waals surface area contributed by atoms with Crippen molar-refractivity contribution in [1.29, 1.82) is 0 Å². The fraction of sp³-hybridized carbons (Fsp3) is 0.364. The van der Waals surface area contributed by atoms with Crippen LogP contribution in [-0.2, 0) is 4.74 Å². The molecule has 0 saturated carbocycles. The number of hydrogen-bond acceptors (Lipinski definition) is 5. The number of nitrogens with zero attached hydrogens (tertiary/aromatic N) is 1. The Morgan fingerprint density at radius 3 is 2.62 bits per heavy atom. The number of nitrogen functional groups attached to an aromatic ring is 1. The van der Waals surface area contributed by atoms with Crippen molar-refractivity contribution < 1.29 is 14.3 Å². The van der Waals surface area contributed by atoms with E-state index in [0.717, 1.165) is 0 Å². The molecule has 0 aromatic carbocycles. The molecule has 2 N–H and O–H groups in total. The molecule has 0 spiro atoms. The molecule has 0 aliphatic carbocycles. The van der Waals surface area contributed by atoms with Crippen molar-refractivity contribution in [1.82, 2.24) is 4.98 Å². The highest BCUT2D eigenvalue weighted by Crippen LogP contribution is 2.14. The molecule has 0 atom stereocenters. The summed E-state index contributed by atoms with van der Waals surface area (Å²) in [6.07, 6.45) is 1.84. The number of carbonyl (C=O) groups excluding carboxylic acids is 2. The first kappa shape index (κ1) is 12.2. The summed E-state index contributed by atoms with van der Waals surface area (Å²) in [6.45, 7) is 5.28. The van der Waals surface area contributed by atoms with Crippen LogP contribution in [0.1, 0.15) is 41.5 Å². The van der Waals surface area contributed by atoms with Crippen LogP contribution < -0.4 is 5.73 Å². The highest BCUT2D eigenvalue weighted by molar-refractivity contribution is 5.93. The number of aromatic nitrogens is 1. The zero-order valence-corrected chi connectivity index (χ0v) is 9.48. The molecule has 0 aliphatic heterocycles. The predicted molar refractivity (Wildman–Crippen MR) is 59.2 cm³/mol. The standard InChI is InChI=1S/C11H14N2O3/c1-11(2,3)16-10(15)7-4-8(6-14)9(12)13-5-7/h4-6H,1-3H3,(H2,12,13). The third-order valence-corrected chi connectivity index (χ3v) is 1.71. The van der Waals surface area contributed by atoms with Gasteiger partial charge in [0.05, 0.1) is 11.1 Å². The SMILES string of the molecule is CC(C)(C)OC(=O)c1cnc(N)c(C=O)c1. The van der Waals surface area contributed by atoms with Gasteiger partial charge < -0.3 is 10.5 Å². The molecule has 5 heteroatoms. The van der Waals surface area contributed by atoms with Gasteiger partial charge in [-0.05, 0) is 26.8 Å². The molecule has 0 amide bonds. The molecular formula is C11H14N2O3. The Balaban J connectivity index is 2.97. The molecule has 5 nitrogen and oxygen atoms in total. The summed E-state index contributed by atoms with van der Waals surface area (Å²) >= 11 is 0. The van der Waals surface area contributed by atoms with Crippen LogP contribution >= 0.6 is 0 Å². The fourth-order valence-electron chi connectivity index (χ4n) is 1.04. The Hall–Kier alpha value is -1.91. The minimum Gasteiger partial charge on any atom is -0.456 e. The van der Waals surface area contributed by atoms with E-state index in [0.29, 0.717) is 6.29 Å². The number of carbonyl (C=O) groups is 2.